The number of hydrogen-bond donors (Lipinski definition) is 1. The smallest absolute Gasteiger partial charge is 0.123 e. The second-order valence-electron chi connectivity index (χ2n) is 9.20. The molecule has 0 aromatic heterocycles. The summed E-state index contributed by atoms with van der Waals surface area (Å²) in [5.41, 5.74) is 6.36. The monoisotopic (exact) mass is 423 g/mol. The van der Waals surface area contributed by atoms with Crippen LogP contribution in [0.3, 0.4) is 0 Å². The van der Waals surface area contributed by atoms with E-state index in [1.54, 1.807) is 23.9 Å². The molecular weight excluding hydrogens is 393 g/mol. The van der Waals surface area contributed by atoms with Gasteiger partial charge in [-0.1, -0.05) is 29.5 Å². The molecule has 2 aliphatic heterocycles. The van der Waals surface area contributed by atoms with Crippen LogP contribution in [-0.2, 0) is 0 Å². The highest BCUT2D eigenvalue weighted by Crippen LogP contribution is 2.48. The van der Waals surface area contributed by atoms with Crippen LogP contribution < -0.4 is 0 Å². The van der Waals surface area contributed by atoms with Gasteiger partial charge in [0.2, 0.25) is 0 Å². The summed E-state index contributed by atoms with van der Waals surface area (Å²) in [5, 5.41) is 9.76. The van der Waals surface area contributed by atoms with Crippen LogP contribution in [0.2, 0.25) is 0 Å². The predicted octanol–water partition coefficient (Wildman–Crippen LogP) is 6.05. The van der Waals surface area contributed by atoms with Gasteiger partial charge in [-0.3, -0.25) is 0 Å². The fourth-order valence-corrected chi connectivity index (χ4v) is 6.47. The molecule has 1 aliphatic carbocycles. The molecule has 0 amide bonds. The first kappa shape index (κ1) is 20.3. The highest BCUT2D eigenvalue weighted by molar-refractivity contribution is 7.99. The van der Waals surface area contributed by atoms with Crippen molar-refractivity contribution in [3.05, 3.63) is 64.5 Å². The molecule has 158 valence electrons. The van der Waals surface area contributed by atoms with Gasteiger partial charge in [0, 0.05) is 29.4 Å². The number of benzene rings is 2. The maximum absolute atomic E-state index is 14.2. The summed E-state index contributed by atoms with van der Waals surface area (Å²) in [4.78, 5) is 5.06. The molecular formula is C26H30FNOS. The number of piperidine rings is 1. The van der Waals surface area contributed by atoms with E-state index in [9.17, 15) is 9.50 Å². The van der Waals surface area contributed by atoms with Crippen LogP contribution in [0.15, 0.2) is 51.8 Å². The van der Waals surface area contributed by atoms with E-state index in [0.29, 0.717) is 0 Å². The van der Waals surface area contributed by atoms with Crippen molar-refractivity contribution < 1.29 is 9.50 Å². The average Bonchev–Trinajstić information content (AvgIpc) is 2.74. The van der Waals surface area contributed by atoms with Gasteiger partial charge in [-0.05, 0) is 97.9 Å². The molecule has 2 nitrogen and oxygen atoms in total. The number of nitrogens with zero attached hydrogens (tertiary/aromatic N) is 1. The molecule has 5 rings (SSSR count). The molecule has 0 radical (unpaired) electrons. The van der Waals surface area contributed by atoms with Crippen molar-refractivity contribution in [1.29, 1.82) is 0 Å². The van der Waals surface area contributed by atoms with Crippen molar-refractivity contribution >= 4 is 17.3 Å². The van der Waals surface area contributed by atoms with Crippen LogP contribution in [0.25, 0.3) is 5.57 Å². The minimum absolute atomic E-state index is 0.0766. The molecule has 2 aromatic rings. The second kappa shape index (κ2) is 8.49. The van der Waals surface area contributed by atoms with E-state index < -0.39 is 0 Å². The van der Waals surface area contributed by atoms with Gasteiger partial charge in [0.1, 0.15) is 5.82 Å². The minimum Gasteiger partial charge on any atom is -0.393 e. The van der Waals surface area contributed by atoms with Gasteiger partial charge in [0.05, 0.1) is 6.10 Å². The fourth-order valence-electron chi connectivity index (χ4n) is 5.30. The van der Waals surface area contributed by atoms with Gasteiger partial charge in [0.15, 0.2) is 0 Å². The summed E-state index contributed by atoms with van der Waals surface area (Å²) in [6, 6.07) is 11.9. The molecule has 1 N–H and O–H groups in total. The fraction of sp³-hybridized carbons (Fsp3) is 0.462. The first-order valence-electron chi connectivity index (χ1n) is 11.3. The van der Waals surface area contributed by atoms with Crippen molar-refractivity contribution in [2.24, 2.45) is 5.92 Å². The van der Waals surface area contributed by atoms with Gasteiger partial charge in [-0.25, -0.2) is 4.39 Å². The summed E-state index contributed by atoms with van der Waals surface area (Å²) < 4.78 is 14.2. The van der Waals surface area contributed by atoms with Gasteiger partial charge in [-0.2, -0.15) is 0 Å². The van der Waals surface area contributed by atoms with E-state index in [2.05, 4.69) is 30.0 Å². The van der Waals surface area contributed by atoms with E-state index >= 15 is 0 Å². The molecule has 0 unspecified atom stereocenters. The number of aliphatic hydroxyl groups is 1. The number of hydrogen-bond acceptors (Lipinski definition) is 3. The maximum Gasteiger partial charge on any atom is 0.123 e. The molecule has 30 heavy (non-hydrogen) atoms. The standard InChI is InChI=1S/C26H30FNOS/c1-17-2-8-22-25(14-17)30-24-9-5-20(27)15-23(24)26(22)19-10-12-28(13-11-19)16-18-3-6-21(29)7-4-18/h2,5,8-9,14-15,18,21,29H,3-4,6-7,10-13,16H2,1H3/t18-,21-. The first-order chi connectivity index (χ1) is 14.6. The minimum atomic E-state index is -0.153. The lowest BCUT2D eigenvalue weighted by Crippen LogP contribution is -2.36. The van der Waals surface area contributed by atoms with Crippen LogP contribution in [0.1, 0.15) is 55.2 Å². The molecule has 1 saturated heterocycles. The average molecular weight is 424 g/mol. The van der Waals surface area contributed by atoms with E-state index in [1.165, 1.54) is 32.1 Å². The van der Waals surface area contributed by atoms with E-state index in [-0.39, 0.29) is 11.9 Å². The topological polar surface area (TPSA) is 23.5 Å². The summed E-state index contributed by atoms with van der Waals surface area (Å²) in [6.45, 7) is 5.45. The third kappa shape index (κ3) is 4.10. The zero-order chi connectivity index (χ0) is 20.7. The molecule has 2 heterocycles. The number of fused-ring (bicyclic) bond motifs is 2. The number of aliphatic hydroxyl groups excluding tert-OH is 1. The van der Waals surface area contributed by atoms with Crippen LogP contribution in [-0.4, -0.2) is 35.7 Å². The quantitative estimate of drug-likeness (QED) is 0.543. The highest BCUT2D eigenvalue weighted by Gasteiger charge is 2.28. The van der Waals surface area contributed by atoms with Crippen molar-refractivity contribution in [1.82, 2.24) is 4.90 Å². The Kier molecular flexibility index (Phi) is 5.74. The normalized spacial score (nSPS) is 24.5. The molecule has 3 aliphatic rings. The predicted molar refractivity (Wildman–Crippen MR) is 121 cm³/mol. The number of halogens is 1. The Balaban J connectivity index is 1.40. The van der Waals surface area contributed by atoms with Gasteiger partial charge in [0.25, 0.3) is 0 Å². The van der Waals surface area contributed by atoms with Gasteiger partial charge >= 0.3 is 0 Å². The largest absolute Gasteiger partial charge is 0.393 e. The van der Waals surface area contributed by atoms with Crippen molar-refractivity contribution in [2.45, 2.75) is 61.3 Å². The molecule has 2 fully saturated rings. The third-order valence-corrected chi connectivity index (χ3v) is 8.12. The summed E-state index contributed by atoms with van der Waals surface area (Å²) in [7, 11) is 0. The Morgan fingerprint density at radius 1 is 0.967 bits per heavy atom. The van der Waals surface area contributed by atoms with E-state index in [1.807, 2.05) is 6.07 Å². The van der Waals surface area contributed by atoms with Crippen LogP contribution >= 0.6 is 11.8 Å². The zero-order valence-corrected chi connectivity index (χ0v) is 18.5. The maximum atomic E-state index is 14.2. The number of aryl methyl sites for hydroxylation is 1. The Morgan fingerprint density at radius 2 is 1.73 bits per heavy atom. The summed E-state index contributed by atoms with van der Waals surface area (Å²) in [5.74, 6) is 0.576. The van der Waals surface area contributed by atoms with Crippen LogP contribution in [0.5, 0.6) is 0 Å². The summed E-state index contributed by atoms with van der Waals surface area (Å²) in [6.07, 6.45) is 6.27. The molecule has 4 heteroatoms. The molecule has 0 spiro atoms. The molecule has 0 bridgehead atoms. The lowest BCUT2D eigenvalue weighted by Gasteiger charge is -2.35. The SMILES string of the molecule is Cc1ccc2c(c1)Sc1ccc(F)cc1C2=C1CCN(C[C@H]2CC[C@H](O)CC2)CC1. The first-order valence-corrected chi connectivity index (χ1v) is 12.1. The number of likely N-dealkylation sites (tertiary alicyclic amines) is 1. The van der Waals surface area contributed by atoms with Crippen molar-refractivity contribution in [2.75, 3.05) is 19.6 Å². The van der Waals surface area contributed by atoms with Gasteiger partial charge in [-0.15, -0.1) is 0 Å². The van der Waals surface area contributed by atoms with Crippen molar-refractivity contribution in [3.8, 4) is 0 Å². The molecule has 0 atom stereocenters. The van der Waals surface area contributed by atoms with Crippen LogP contribution in [0.4, 0.5) is 4.39 Å². The third-order valence-electron chi connectivity index (χ3n) is 6.98. The number of rotatable bonds is 2. The Labute approximate surface area is 183 Å². The zero-order valence-electron chi connectivity index (χ0n) is 17.7. The van der Waals surface area contributed by atoms with Gasteiger partial charge < -0.3 is 10.0 Å². The Hall–Kier alpha value is -1.62. The second-order valence-corrected chi connectivity index (χ2v) is 10.3. The van der Waals surface area contributed by atoms with Crippen LogP contribution in [0, 0.1) is 18.7 Å². The summed E-state index contributed by atoms with van der Waals surface area (Å²) >= 11 is 1.77. The van der Waals surface area contributed by atoms with E-state index in [0.717, 1.165) is 69.6 Å². The molecule has 1 saturated carbocycles. The lowest BCUT2D eigenvalue weighted by molar-refractivity contribution is 0.0923. The lowest BCUT2D eigenvalue weighted by atomic mass is 9.85. The Morgan fingerprint density at radius 3 is 2.50 bits per heavy atom. The van der Waals surface area contributed by atoms with Crippen molar-refractivity contribution in [3.63, 3.8) is 0 Å². The van der Waals surface area contributed by atoms with E-state index in [4.69, 9.17) is 0 Å². The Bertz CT molecular complexity index is 967. The highest BCUT2D eigenvalue weighted by atomic mass is 32.2. The molecule has 2 aromatic carbocycles.